The lowest BCUT2D eigenvalue weighted by Gasteiger charge is -2.00. The number of hydrogen-bond donors (Lipinski definition) is 1. The van der Waals surface area contributed by atoms with Crippen molar-refractivity contribution in [1.82, 2.24) is 15.0 Å². The van der Waals surface area contributed by atoms with Gasteiger partial charge in [0, 0.05) is 24.2 Å². The Kier molecular flexibility index (Phi) is 2.45. The highest BCUT2D eigenvalue weighted by Crippen LogP contribution is 2.14. The van der Waals surface area contributed by atoms with Gasteiger partial charge in [0.1, 0.15) is 11.5 Å². The van der Waals surface area contributed by atoms with E-state index in [0.717, 1.165) is 5.56 Å². The van der Waals surface area contributed by atoms with Crippen molar-refractivity contribution in [2.24, 2.45) is 0 Å². The first-order valence-corrected chi connectivity index (χ1v) is 4.35. The van der Waals surface area contributed by atoms with Gasteiger partial charge in [0.15, 0.2) is 0 Å². The molecule has 0 aliphatic heterocycles. The van der Waals surface area contributed by atoms with E-state index < -0.39 is 5.97 Å². The third-order valence-electron chi connectivity index (χ3n) is 1.93. The van der Waals surface area contributed by atoms with Crippen LogP contribution in [0.1, 0.15) is 10.5 Å². The number of aromatic nitrogens is 3. The van der Waals surface area contributed by atoms with Crippen LogP contribution in [-0.4, -0.2) is 28.0 Å². The maximum Gasteiger partial charge on any atom is 0.356 e. The van der Waals surface area contributed by atoms with Crippen LogP contribution in [0, 0.1) is 0 Å². The van der Waals surface area contributed by atoms with Crippen LogP contribution >= 0.6 is 0 Å². The lowest BCUT2D eigenvalue weighted by atomic mass is 10.2. The molecule has 0 aromatic carbocycles. The van der Waals surface area contributed by atoms with Gasteiger partial charge in [-0.2, -0.15) is 0 Å². The highest BCUT2D eigenvalue weighted by Gasteiger charge is 2.08. The molecule has 0 saturated heterocycles. The van der Waals surface area contributed by atoms with Crippen molar-refractivity contribution in [3.63, 3.8) is 0 Å². The second-order valence-corrected chi connectivity index (χ2v) is 2.86. The minimum absolute atomic E-state index is 0.270. The molecule has 5 heteroatoms. The van der Waals surface area contributed by atoms with E-state index in [9.17, 15) is 4.79 Å². The van der Waals surface area contributed by atoms with E-state index in [0.29, 0.717) is 5.82 Å². The molecule has 0 unspecified atom stereocenters. The van der Waals surface area contributed by atoms with Crippen molar-refractivity contribution < 1.29 is 9.53 Å². The van der Waals surface area contributed by atoms with Crippen LogP contribution in [0.25, 0.3) is 11.4 Å². The molecular formula is C10H9N3O2. The Morgan fingerprint density at radius 1 is 1.40 bits per heavy atom. The van der Waals surface area contributed by atoms with Crippen LogP contribution in [0.5, 0.6) is 0 Å². The molecular weight excluding hydrogens is 194 g/mol. The molecule has 0 fully saturated rings. The summed E-state index contributed by atoms with van der Waals surface area (Å²) in [6.45, 7) is 0. The number of carbonyl (C=O) groups is 1. The second-order valence-electron chi connectivity index (χ2n) is 2.86. The summed E-state index contributed by atoms with van der Waals surface area (Å²) in [5, 5.41) is 0. The second kappa shape index (κ2) is 3.91. The number of nitrogens with zero attached hydrogens (tertiary/aromatic N) is 2. The maximum absolute atomic E-state index is 11.2. The maximum atomic E-state index is 11.2. The van der Waals surface area contributed by atoms with Crippen molar-refractivity contribution in [1.29, 1.82) is 0 Å². The molecule has 0 aliphatic carbocycles. The van der Waals surface area contributed by atoms with Crippen LogP contribution < -0.4 is 0 Å². The SMILES string of the molecule is COC(=O)c1cc(-c2ncc[nH]2)ccn1. The van der Waals surface area contributed by atoms with Gasteiger partial charge < -0.3 is 9.72 Å². The van der Waals surface area contributed by atoms with E-state index >= 15 is 0 Å². The molecule has 0 spiro atoms. The fourth-order valence-electron chi connectivity index (χ4n) is 1.22. The minimum Gasteiger partial charge on any atom is -0.464 e. The third kappa shape index (κ3) is 1.85. The lowest BCUT2D eigenvalue weighted by molar-refractivity contribution is 0.0594. The van der Waals surface area contributed by atoms with Crippen LogP contribution in [0.2, 0.25) is 0 Å². The summed E-state index contributed by atoms with van der Waals surface area (Å²) in [4.78, 5) is 22.1. The molecule has 0 aliphatic rings. The average Bonchev–Trinajstić information content (AvgIpc) is 2.82. The topological polar surface area (TPSA) is 67.9 Å². The van der Waals surface area contributed by atoms with E-state index in [1.807, 2.05) is 0 Å². The van der Waals surface area contributed by atoms with Gasteiger partial charge >= 0.3 is 5.97 Å². The highest BCUT2D eigenvalue weighted by molar-refractivity contribution is 5.88. The van der Waals surface area contributed by atoms with E-state index in [1.165, 1.54) is 7.11 Å². The minimum atomic E-state index is -0.455. The summed E-state index contributed by atoms with van der Waals surface area (Å²) in [7, 11) is 1.32. The number of imidazole rings is 1. The van der Waals surface area contributed by atoms with Crippen molar-refractivity contribution in [2.75, 3.05) is 7.11 Å². The van der Waals surface area contributed by atoms with Crippen LogP contribution in [0.4, 0.5) is 0 Å². The van der Waals surface area contributed by atoms with Crippen LogP contribution in [0.3, 0.4) is 0 Å². The van der Waals surface area contributed by atoms with Gasteiger partial charge in [0.25, 0.3) is 0 Å². The Morgan fingerprint density at radius 3 is 2.93 bits per heavy atom. The van der Waals surface area contributed by atoms with Crippen LogP contribution in [0.15, 0.2) is 30.7 Å². The summed E-state index contributed by atoms with van der Waals surface area (Å²) in [6.07, 6.45) is 4.91. The summed E-state index contributed by atoms with van der Waals surface area (Å²) in [5.41, 5.74) is 1.07. The Labute approximate surface area is 86.1 Å². The molecule has 0 saturated carbocycles. The molecule has 2 rings (SSSR count). The van der Waals surface area contributed by atoms with Crippen molar-refractivity contribution in [2.45, 2.75) is 0 Å². The number of aromatic amines is 1. The number of esters is 1. The molecule has 0 atom stereocenters. The molecule has 76 valence electrons. The number of rotatable bonds is 2. The standard InChI is InChI=1S/C10H9N3O2/c1-15-10(14)8-6-7(2-3-11-8)9-12-4-5-13-9/h2-6H,1H3,(H,12,13). The van der Waals surface area contributed by atoms with Crippen LogP contribution in [-0.2, 0) is 4.74 Å². The zero-order valence-electron chi connectivity index (χ0n) is 8.10. The number of carbonyl (C=O) groups excluding carboxylic acids is 1. The Balaban J connectivity index is 2.39. The number of H-pyrrole nitrogens is 1. The number of hydrogen-bond acceptors (Lipinski definition) is 4. The van der Waals surface area contributed by atoms with E-state index in [2.05, 4.69) is 19.7 Å². The molecule has 0 radical (unpaired) electrons. The normalized spacial score (nSPS) is 9.93. The zero-order valence-corrected chi connectivity index (χ0v) is 8.10. The van der Waals surface area contributed by atoms with E-state index in [1.54, 1.807) is 30.7 Å². The van der Waals surface area contributed by atoms with Gasteiger partial charge in [0.05, 0.1) is 7.11 Å². The summed E-state index contributed by atoms with van der Waals surface area (Å²) in [5.74, 6) is 0.242. The van der Waals surface area contributed by atoms with Crippen molar-refractivity contribution in [3.8, 4) is 11.4 Å². The molecule has 2 aromatic heterocycles. The number of ether oxygens (including phenoxy) is 1. The molecule has 1 N–H and O–H groups in total. The molecule has 0 amide bonds. The largest absolute Gasteiger partial charge is 0.464 e. The Hall–Kier alpha value is -2.17. The Bertz CT molecular complexity index is 465. The zero-order chi connectivity index (χ0) is 10.7. The van der Waals surface area contributed by atoms with Gasteiger partial charge in [-0.15, -0.1) is 0 Å². The fourth-order valence-corrected chi connectivity index (χ4v) is 1.22. The summed E-state index contributed by atoms with van der Waals surface area (Å²) < 4.78 is 4.58. The first-order valence-electron chi connectivity index (χ1n) is 4.35. The molecule has 5 nitrogen and oxygen atoms in total. The number of pyridine rings is 1. The third-order valence-corrected chi connectivity index (χ3v) is 1.93. The van der Waals surface area contributed by atoms with Gasteiger partial charge in [-0.1, -0.05) is 0 Å². The molecule has 15 heavy (non-hydrogen) atoms. The predicted molar refractivity (Wildman–Crippen MR) is 53.2 cm³/mol. The van der Waals surface area contributed by atoms with E-state index in [4.69, 9.17) is 0 Å². The molecule has 0 bridgehead atoms. The molecule has 2 aromatic rings. The Morgan fingerprint density at radius 2 is 2.27 bits per heavy atom. The number of nitrogens with one attached hydrogen (secondary N) is 1. The summed E-state index contributed by atoms with van der Waals surface area (Å²) in [6, 6.07) is 3.40. The average molecular weight is 203 g/mol. The van der Waals surface area contributed by atoms with Crippen molar-refractivity contribution in [3.05, 3.63) is 36.4 Å². The first-order chi connectivity index (χ1) is 7.31. The summed E-state index contributed by atoms with van der Waals surface area (Å²) >= 11 is 0. The smallest absolute Gasteiger partial charge is 0.356 e. The fraction of sp³-hybridized carbons (Fsp3) is 0.100. The predicted octanol–water partition coefficient (Wildman–Crippen LogP) is 1.26. The highest BCUT2D eigenvalue weighted by atomic mass is 16.5. The monoisotopic (exact) mass is 203 g/mol. The van der Waals surface area contributed by atoms with Gasteiger partial charge in [-0.3, -0.25) is 0 Å². The van der Waals surface area contributed by atoms with Gasteiger partial charge in [0.2, 0.25) is 0 Å². The van der Waals surface area contributed by atoms with E-state index in [-0.39, 0.29) is 5.69 Å². The van der Waals surface area contributed by atoms with Gasteiger partial charge in [-0.25, -0.2) is 14.8 Å². The van der Waals surface area contributed by atoms with Gasteiger partial charge in [-0.05, 0) is 12.1 Å². The lowest BCUT2D eigenvalue weighted by Crippen LogP contribution is -2.03. The molecule has 2 heterocycles. The quantitative estimate of drug-likeness (QED) is 0.746. The van der Waals surface area contributed by atoms with Crippen molar-refractivity contribution >= 4 is 5.97 Å². The number of methoxy groups -OCH3 is 1. The first kappa shape index (κ1) is 9.39.